The summed E-state index contributed by atoms with van der Waals surface area (Å²) in [5.74, 6) is 1.81. The number of nitrogens with one attached hydrogen (secondary N) is 2. The molecule has 1 aliphatic heterocycles. The van der Waals surface area contributed by atoms with Gasteiger partial charge < -0.3 is 10.6 Å². The number of tetrazole rings is 1. The molecule has 27 heavy (non-hydrogen) atoms. The Morgan fingerprint density at radius 3 is 2.81 bits per heavy atom. The Labute approximate surface area is 155 Å². The zero-order valence-electron chi connectivity index (χ0n) is 14.6. The SMILES string of the molecule is Cc1ccc(CNc2ncc3c(n2)Nc2ccccc2-n2nnnc2-3)cc1. The Bertz CT molecular complexity index is 1120. The highest BCUT2D eigenvalue weighted by Crippen LogP contribution is 2.35. The van der Waals surface area contributed by atoms with E-state index in [1.807, 2.05) is 24.3 Å². The number of aromatic nitrogens is 6. The number of benzene rings is 2. The Morgan fingerprint density at radius 2 is 1.93 bits per heavy atom. The number of hydrogen-bond donors (Lipinski definition) is 2. The minimum absolute atomic E-state index is 0.542. The van der Waals surface area contributed by atoms with Gasteiger partial charge in [-0.3, -0.25) is 0 Å². The normalized spacial score (nSPS) is 11.6. The van der Waals surface area contributed by atoms with E-state index in [0.29, 0.717) is 24.1 Å². The average Bonchev–Trinajstić information content (AvgIpc) is 3.13. The van der Waals surface area contributed by atoms with Gasteiger partial charge in [0.05, 0.1) is 16.9 Å². The van der Waals surface area contributed by atoms with Crippen molar-refractivity contribution >= 4 is 17.5 Å². The van der Waals surface area contributed by atoms with Crippen LogP contribution < -0.4 is 10.6 Å². The topological polar surface area (TPSA) is 93.4 Å². The van der Waals surface area contributed by atoms with Gasteiger partial charge in [0, 0.05) is 12.7 Å². The lowest BCUT2D eigenvalue weighted by molar-refractivity contribution is 0.793. The van der Waals surface area contributed by atoms with Crippen molar-refractivity contribution in [2.75, 3.05) is 10.6 Å². The molecule has 0 saturated carbocycles. The highest BCUT2D eigenvalue weighted by atomic mass is 15.5. The van der Waals surface area contributed by atoms with Gasteiger partial charge in [-0.05, 0) is 35.0 Å². The van der Waals surface area contributed by atoms with Crippen molar-refractivity contribution in [1.82, 2.24) is 30.2 Å². The van der Waals surface area contributed by atoms with Crippen LogP contribution in [0.2, 0.25) is 0 Å². The van der Waals surface area contributed by atoms with Crippen LogP contribution in [-0.2, 0) is 6.54 Å². The molecule has 2 aromatic heterocycles. The van der Waals surface area contributed by atoms with E-state index in [4.69, 9.17) is 0 Å². The van der Waals surface area contributed by atoms with E-state index < -0.39 is 0 Å². The Kier molecular flexibility index (Phi) is 3.53. The van der Waals surface area contributed by atoms with Gasteiger partial charge in [-0.2, -0.15) is 9.67 Å². The number of nitrogens with zero attached hydrogens (tertiary/aromatic N) is 6. The first-order valence-corrected chi connectivity index (χ1v) is 8.59. The fraction of sp³-hybridized carbons (Fsp3) is 0.105. The molecule has 0 amide bonds. The van der Waals surface area contributed by atoms with Gasteiger partial charge in [-0.25, -0.2) is 4.98 Å². The lowest BCUT2D eigenvalue weighted by Crippen LogP contribution is -2.06. The van der Waals surface area contributed by atoms with Crippen molar-refractivity contribution in [3.63, 3.8) is 0 Å². The molecule has 2 N–H and O–H groups in total. The molecule has 8 heteroatoms. The quantitative estimate of drug-likeness (QED) is 0.513. The maximum absolute atomic E-state index is 4.64. The summed E-state index contributed by atoms with van der Waals surface area (Å²) in [6.45, 7) is 2.72. The Morgan fingerprint density at radius 1 is 1.07 bits per heavy atom. The lowest BCUT2D eigenvalue weighted by Gasteiger charge is -2.10. The van der Waals surface area contributed by atoms with Crippen LogP contribution in [0.1, 0.15) is 11.1 Å². The van der Waals surface area contributed by atoms with E-state index in [1.165, 1.54) is 11.1 Å². The second-order valence-electron chi connectivity index (χ2n) is 6.35. The summed E-state index contributed by atoms with van der Waals surface area (Å²) in [4.78, 5) is 9.08. The minimum atomic E-state index is 0.542. The molecule has 8 nitrogen and oxygen atoms in total. The van der Waals surface area contributed by atoms with Crippen molar-refractivity contribution in [1.29, 1.82) is 0 Å². The minimum Gasteiger partial charge on any atom is -0.350 e. The van der Waals surface area contributed by atoms with Crippen LogP contribution in [0.4, 0.5) is 17.5 Å². The molecule has 0 bridgehead atoms. The molecule has 132 valence electrons. The third kappa shape index (κ3) is 2.77. The van der Waals surface area contributed by atoms with Crippen LogP contribution in [0.25, 0.3) is 17.1 Å². The van der Waals surface area contributed by atoms with E-state index in [1.54, 1.807) is 10.9 Å². The second kappa shape index (κ2) is 6.17. The summed E-state index contributed by atoms with van der Waals surface area (Å²) < 4.78 is 1.69. The van der Waals surface area contributed by atoms with Gasteiger partial charge >= 0.3 is 0 Å². The summed E-state index contributed by atoms with van der Waals surface area (Å²) in [5, 5.41) is 18.7. The molecule has 0 fully saturated rings. The first-order chi connectivity index (χ1) is 13.3. The summed E-state index contributed by atoms with van der Waals surface area (Å²) >= 11 is 0. The molecule has 0 aliphatic carbocycles. The summed E-state index contributed by atoms with van der Waals surface area (Å²) in [5.41, 5.74) is 4.90. The van der Waals surface area contributed by atoms with Gasteiger partial charge in [0.2, 0.25) is 5.95 Å². The van der Waals surface area contributed by atoms with E-state index in [9.17, 15) is 0 Å². The third-order valence-corrected chi connectivity index (χ3v) is 4.46. The summed E-state index contributed by atoms with van der Waals surface area (Å²) in [6.07, 6.45) is 1.74. The summed E-state index contributed by atoms with van der Waals surface area (Å²) in [7, 11) is 0. The maximum atomic E-state index is 4.64. The first-order valence-electron chi connectivity index (χ1n) is 8.59. The fourth-order valence-electron chi connectivity index (χ4n) is 3.02. The van der Waals surface area contributed by atoms with Crippen molar-refractivity contribution < 1.29 is 0 Å². The first kappa shape index (κ1) is 15.4. The summed E-state index contributed by atoms with van der Waals surface area (Å²) in [6, 6.07) is 16.2. The van der Waals surface area contributed by atoms with Crippen molar-refractivity contribution in [2.45, 2.75) is 13.5 Å². The number of fused-ring (bicyclic) bond motifs is 5. The molecule has 1 aliphatic rings. The molecule has 0 radical (unpaired) electrons. The average molecular weight is 356 g/mol. The van der Waals surface area contributed by atoms with E-state index in [-0.39, 0.29) is 0 Å². The molecule has 0 spiro atoms. The number of para-hydroxylation sites is 2. The van der Waals surface area contributed by atoms with Gasteiger partial charge in [0.1, 0.15) is 5.82 Å². The molecule has 0 saturated heterocycles. The lowest BCUT2D eigenvalue weighted by atomic mass is 10.1. The monoisotopic (exact) mass is 356 g/mol. The van der Waals surface area contributed by atoms with E-state index in [0.717, 1.165) is 16.9 Å². The van der Waals surface area contributed by atoms with Crippen LogP contribution in [0.5, 0.6) is 0 Å². The molecule has 4 aromatic rings. The Hall–Kier alpha value is -3.81. The third-order valence-electron chi connectivity index (χ3n) is 4.46. The van der Waals surface area contributed by atoms with E-state index >= 15 is 0 Å². The van der Waals surface area contributed by atoms with Crippen molar-refractivity contribution in [2.24, 2.45) is 0 Å². The number of rotatable bonds is 3. The van der Waals surface area contributed by atoms with Gasteiger partial charge in [0.15, 0.2) is 5.82 Å². The molecule has 0 atom stereocenters. The zero-order valence-corrected chi connectivity index (χ0v) is 14.6. The smallest absolute Gasteiger partial charge is 0.224 e. The molecule has 0 unspecified atom stereocenters. The van der Waals surface area contributed by atoms with Crippen LogP contribution in [0.3, 0.4) is 0 Å². The Balaban J connectivity index is 1.49. The zero-order chi connectivity index (χ0) is 18.2. The van der Waals surface area contributed by atoms with Crippen molar-refractivity contribution in [3.8, 4) is 17.1 Å². The van der Waals surface area contributed by atoms with Gasteiger partial charge in [0.25, 0.3) is 0 Å². The van der Waals surface area contributed by atoms with E-state index in [2.05, 4.69) is 67.3 Å². The predicted molar refractivity (Wildman–Crippen MR) is 102 cm³/mol. The number of aryl methyl sites for hydroxylation is 1. The molecular formula is C19H16N8. The highest BCUT2D eigenvalue weighted by molar-refractivity contribution is 5.81. The number of anilines is 3. The standard InChI is InChI=1S/C19H16N8/c1-12-6-8-13(9-7-12)10-20-19-21-11-14-17(23-19)22-15-4-2-3-5-16(15)27-18(14)24-25-26-27/h2-9,11H,10H2,1H3,(H2,20,21,22,23). The molecule has 3 heterocycles. The largest absolute Gasteiger partial charge is 0.350 e. The van der Waals surface area contributed by atoms with Crippen LogP contribution in [0, 0.1) is 6.92 Å². The highest BCUT2D eigenvalue weighted by Gasteiger charge is 2.23. The number of hydrogen-bond acceptors (Lipinski definition) is 7. The molecule has 5 rings (SSSR count). The molecule has 2 aromatic carbocycles. The van der Waals surface area contributed by atoms with Crippen LogP contribution in [-0.4, -0.2) is 30.2 Å². The maximum Gasteiger partial charge on any atom is 0.224 e. The van der Waals surface area contributed by atoms with Gasteiger partial charge in [-0.15, -0.1) is 5.10 Å². The van der Waals surface area contributed by atoms with Gasteiger partial charge in [-0.1, -0.05) is 42.0 Å². The van der Waals surface area contributed by atoms with Crippen molar-refractivity contribution in [3.05, 3.63) is 65.9 Å². The van der Waals surface area contributed by atoms with Crippen LogP contribution in [0.15, 0.2) is 54.7 Å². The second-order valence-corrected chi connectivity index (χ2v) is 6.35. The molecular weight excluding hydrogens is 340 g/mol. The van der Waals surface area contributed by atoms with Crippen LogP contribution >= 0.6 is 0 Å². The fourth-order valence-corrected chi connectivity index (χ4v) is 3.02. The predicted octanol–water partition coefficient (Wildman–Crippen LogP) is 3.10.